The number of hydrogen-bond acceptors (Lipinski definition) is 1. The molecule has 0 aromatic carbocycles. The summed E-state index contributed by atoms with van der Waals surface area (Å²) in [6.07, 6.45) is 6.76. The summed E-state index contributed by atoms with van der Waals surface area (Å²) >= 11 is 3.20. The Morgan fingerprint density at radius 3 is 1.92 bits per heavy atom. The van der Waals surface area contributed by atoms with Crippen molar-refractivity contribution in [1.29, 1.82) is 0 Å². The van der Waals surface area contributed by atoms with Gasteiger partial charge in [-0.1, -0.05) is 41.7 Å². The molecule has 0 aromatic heterocycles. The van der Waals surface area contributed by atoms with Gasteiger partial charge in [-0.05, 0) is 29.5 Å². The van der Waals surface area contributed by atoms with Gasteiger partial charge in [-0.2, -0.15) is 0 Å². The molecule has 0 saturated carbocycles. The standard InChI is InChI=1S/C10H12BrN/c1-8(4-5-10(3)11)9(2)6-7-12/h4-7H,1-3,12H2/b5-4-,7-6-. The third kappa shape index (κ3) is 4.74. The van der Waals surface area contributed by atoms with E-state index >= 15 is 0 Å². The lowest BCUT2D eigenvalue weighted by atomic mass is 10.1. The van der Waals surface area contributed by atoms with Crippen LogP contribution in [-0.4, -0.2) is 0 Å². The van der Waals surface area contributed by atoms with E-state index in [9.17, 15) is 0 Å². The maximum Gasteiger partial charge on any atom is 0.0103 e. The topological polar surface area (TPSA) is 26.0 Å². The summed E-state index contributed by atoms with van der Waals surface area (Å²) in [5, 5.41) is 0. The van der Waals surface area contributed by atoms with Crippen LogP contribution in [0.1, 0.15) is 0 Å². The van der Waals surface area contributed by atoms with Crippen molar-refractivity contribution in [3.05, 3.63) is 59.8 Å². The van der Waals surface area contributed by atoms with Gasteiger partial charge in [0.05, 0.1) is 0 Å². The van der Waals surface area contributed by atoms with Gasteiger partial charge in [0.1, 0.15) is 0 Å². The van der Waals surface area contributed by atoms with Gasteiger partial charge in [0.2, 0.25) is 0 Å². The monoisotopic (exact) mass is 225 g/mol. The minimum absolute atomic E-state index is 0.794. The minimum atomic E-state index is 0.794. The SMILES string of the molecule is C=C(Br)/C=C\C(=C)C(=C)/C=C\N. The summed E-state index contributed by atoms with van der Waals surface area (Å²) < 4.78 is 0.799. The van der Waals surface area contributed by atoms with E-state index in [-0.39, 0.29) is 0 Å². The highest BCUT2D eigenvalue weighted by molar-refractivity contribution is 9.11. The van der Waals surface area contributed by atoms with Crippen LogP contribution in [0.3, 0.4) is 0 Å². The fraction of sp³-hybridized carbons (Fsp3) is 0. The van der Waals surface area contributed by atoms with Crippen LogP contribution in [-0.2, 0) is 0 Å². The molecule has 0 bridgehead atoms. The van der Waals surface area contributed by atoms with Crippen molar-refractivity contribution >= 4 is 15.9 Å². The Hall–Kier alpha value is -1.02. The summed E-state index contributed by atoms with van der Waals surface area (Å²) in [7, 11) is 0. The predicted octanol–water partition coefficient (Wildman–Crippen LogP) is 3.04. The molecule has 0 rings (SSSR count). The van der Waals surface area contributed by atoms with E-state index in [0.717, 1.165) is 15.6 Å². The van der Waals surface area contributed by atoms with Gasteiger partial charge in [-0.25, -0.2) is 0 Å². The molecule has 0 spiro atoms. The molecule has 0 unspecified atom stereocenters. The highest BCUT2D eigenvalue weighted by atomic mass is 79.9. The minimum Gasteiger partial charge on any atom is -0.405 e. The third-order valence-electron chi connectivity index (χ3n) is 1.18. The zero-order valence-electron chi connectivity index (χ0n) is 6.89. The summed E-state index contributed by atoms with van der Waals surface area (Å²) in [5.41, 5.74) is 6.80. The van der Waals surface area contributed by atoms with E-state index in [4.69, 9.17) is 5.73 Å². The highest BCUT2D eigenvalue weighted by Crippen LogP contribution is 2.10. The van der Waals surface area contributed by atoms with Crippen molar-refractivity contribution in [3.63, 3.8) is 0 Å². The van der Waals surface area contributed by atoms with Crippen LogP contribution in [0.4, 0.5) is 0 Å². The molecule has 12 heavy (non-hydrogen) atoms. The number of nitrogens with two attached hydrogens (primary N) is 1. The second-order valence-corrected chi connectivity index (χ2v) is 3.21. The Labute approximate surface area is 81.8 Å². The number of rotatable bonds is 4. The van der Waals surface area contributed by atoms with E-state index in [0.29, 0.717) is 0 Å². The van der Waals surface area contributed by atoms with Gasteiger partial charge < -0.3 is 5.73 Å². The molecule has 0 aliphatic rings. The molecular weight excluding hydrogens is 214 g/mol. The molecule has 0 amide bonds. The Bertz CT molecular complexity index is 259. The van der Waals surface area contributed by atoms with Gasteiger partial charge in [0, 0.05) is 4.48 Å². The van der Waals surface area contributed by atoms with Crippen molar-refractivity contribution in [1.82, 2.24) is 0 Å². The fourth-order valence-electron chi connectivity index (χ4n) is 0.521. The molecule has 2 heteroatoms. The van der Waals surface area contributed by atoms with Gasteiger partial charge in [0.25, 0.3) is 0 Å². The number of allylic oxidation sites excluding steroid dienone is 6. The van der Waals surface area contributed by atoms with Gasteiger partial charge in [-0.15, -0.1) is 0 Å². The van der Waals surface area contributed by atoms with E-state index in [1.54, 1.807) is 12.2 Å². The van der Waals surface area contributed by atoms with Gasteiger partial charge >= 0.3 is 0 Å². The van der Waals surface area contributed by atoms with Crippen LogP contribution in [0.25, 0.3) is 0 Å². The molecule has 64 valence electrons. The molecule has 0 heterocycles. The molecular formula is C10H12BrN. The Kier molecular flexibility index (Phi) is 5.13. The second kappa shape index (κ2) is 5.61. The first kappa shape index (κ1) is 11.0. The van der Waals surface area contributed by atoms with Crippen LogP contribution in [0.5, 0.6) is 0 Å². The maximum absolute atomic E-state index is 5.19. The van der Waals surface area contributed by atoms with Crippen LogP contribution >= 0.6 is 15.9 Å². The summed E-state index contributed by atoms with van der Waals surface area (Å²) in [5.74, 6) is 0. The zero-order chi connectivity index (χ0) is 9.56. The number of halogens is 1. The van der Waals surface area contributed by atoms with Crippen molar-refractivity contribution in [3.8, 4) is 0 Å². The number of hydrogen-bond donors (Lipinski definition) is 1. The molecule has 0 fully saturated rings. The Balaban J connectivity index is 4.23. The largest absolute Gasteiger partial charge is 0.405 e. The van der Waals surface area contributed by atoms with Crippen molar-refractivity contribution in [2.24, 2.45) is 5.73 Å². The first-order valence-corrected chi connectivity index (χ1v) is 4.16. The molecule has 0 saturated heterocycles. The molecule has 1 nitrogen and oxygen atoms in total. The normalized spacial score (nSPS) is 10.8. The lowest BCUT2D eigenvalue weighted by Crippen LogP contribution is -1.81. The lowest BCUT2D eigenvalue weighted by molar-refractivity contribution is 1.53. The smallest absolute Gasteiger partial charge is 0.0103 e. The van der Waals surface area contributed by atoms with Crippen LogP contribution in [0.15, 0.2) is 59.8 Å². The lowest BCUT2D eigenvalue weighted by Gasteiger charge is -1.96. The van der Waals surface area contributed by atoms with Crippen molar-refractivity contribution < 1.29 is 0 Å². The summed E-state index contributed by atoms with van der Waals surface area (Å²) in [6.45, 7) is 11.2. The van der Waals surface area contributed by atoms with E-state index in [2.05, 4.69) is 35.7 Å². The zero-order valence-corrected chi connectivity index (χ0v) is 8.47. The summed E-state index contributed by atoms with van der Waals surface area (Å²) in [4.78, 5) is 0. The van der Waals surface area contributed by atoms with Crippen LogP contribution < -0.4 is 5.73 Å². The fourth-order valence-corrected chi connectivity index (χ4v) is 0.653. The average Bonchev–Trinajstić information content (AvgIpc) is 2.00. The Morgan fingerprint density at radius 1 is 1.00 bits per heavy atom. The molecule has 0 aliphatic heterocycles. The molecule has 2 N–H and O–H groups in total. The van der Waals surface area contributed by atoms with Gasteiger partial charge in [0.15, 0.2) is 0 Å². The third-order valence-corrected chi connectivity index (χ3v) is 1.44. The summed E-state index contributed by atoms with van der Waals surface area (Å²) in [6, 6.07) is 0. The van der Waals surface area contributed by atoms with Gasteiger partial charge in [-0.3, -0.25) is 0 Å². The van der Waals surface area contributed by atoms with E-state index < -0.39 is 0 Å². The van der Waals surface area contributed by atoms with Crippen LogP contribution in [0, 0.1) is 0 Å². The van der Waals surface area contributed by atoms with E-state index in [1.807, 2.05) is 6.08 Å². The first-order valence-electron chi connectivity index (χ1n) is 3.37. The quantitative estimate of drug-likeness (QED) is 0.732. The molecule has 0 aliphatic carbocycles. The van der Waals surface area contributed by atoms with E-state index in [1.165, 1.54) is 6.20 Å². The van der Waals surface area contributed by atoms with Crippen LogP contribution in [0.2, 0.25) is 0 Å². The molecule has 0 aromatic rings. The average molecular weight is 226 g/mol. The highest BCUT2D eigenvalue weighted by Gasteiger charge is 1.89. The maximum atomic E-state index is 5.19. The predicted molar refractivity (Wildman–Crippen MR) is 58.8 cm³/mol. The first-order chi connectivity index (χ1) is 5.57. The molecule has 0 atom stereocenters. The molecule has 0 radical (unpaired) electrons. The second-order valence-electron chi connectivity index (χ2n) is 2.19. The van der Waals surface area contributed by atoms with Crippen molar-refractivity contribution in [2.75, 3.05) is 0 Å². The van der Waals surface area contributed by atoms with Crippen molar-refractivity contribution in [2.45, 2.75) is 0 Å². The Morgan fingerprint density at radius 2 is 1.50 bits per heavy atom.